The Hall–Kier alpha value is -0.870. The molecular formula is C15H22N2OS. The third-order valence-corrected chi connectivity index (χ3v) is 5.30. The fourth-order valence-corrected chi connectivity index (χ4v) is 3.84. The van der Waals surface area contributed by atoms with Crippen molar-refractivity contribution in [3.8, 4) is 0 Å². The molecule has 1 aliphatic carbocycles. The maximum absolute atomic E-state index is 12.6. The molecule has 1 saturated carbocycles. The summed E-state index contributed by atoms with van der Waals surface area (Å²) in [5.41, 5.74) is 0.286. The fraction of sp³-hybridized carbons (Fsp3) is 0.667. The maximum atomic E-state index is 12.6. The highest BCUT2D eigenvalue weighted by Gasteiger charge is 2.56. The van der Waals surface area contributed by atoms with E-state index < -0.39 is 0 Å². The predicted molar refractivity (Wildman–Crippen MR) is 77.9 cm³/mol. The number of hydrogen-bond acceptors (Lipinski definition) is 3. The zero-order valence-electron chi connectivity index (χ0n) is 11.8. The van der Waals surface area contributed by atoms with E-state index in [0.717, 1.165) is 19.3 Å². The fourth-order valence-electron chi connectivity index (χ4n) is 3.06. The first-order chi connectivity index (χ1) is 9.04. The summed E-state index contributed by atoms with van der Waals surface area (Å²) in [7, 11) is 0. The van der Waals surface area contributed by atoms with E-state index in [2.05, 4.69) is 48.5 Å². The van der Waals surface area contributed by atoms with Crippen LogP contribution in [0.2, 0.25) is 0 Å². The molecule has 3 atom stereocenters. The molecule has 0 radical (unpaired) electrons. The van der Waals surface area contributed by atoms with Crippen molar-refractivity contribution in [2.24, 2.45) is 5.41 Å². The van der Waals surface area contributed by atoms with E-state index in [1.54, 1.807) is 11.3 Å². The normalized spacial score (nSPS) is 32.9. The number of nitrogens with zero attached hydrogens (tertiary/aromatic N) is 1. The van der Waals surface area contributed by atoms with Crippen molar-refractivity contribution in [2.45, 2.75) is 58.3 Å². The summed E-state index contributed by atoms with van der Waals surface area (Å²) in [6, 6.07) is 4.61. The van der Waals surface area contributed by atoms with Crippen LogP contribution in [0.5, 0.6) is 0 Å². The zero-order chi connectivity index (χ0) is 13.6. The molecule has 0 aromatic carbocycles. The predicted octanol–water partition coefficient (Wildman–Crippen LogP) is 3.15. The minimum atomic E-state index is 0.00787. The number of carbonyl (C=O) groups is 1. The van der Waals surface area contributed by atoms with Crippen LogP contribution in [0.1, 0.15) is 51.1 Å². The number of carbonyl (C=O) groups excluding carboxylic acids is 1. The molecule has 3 rings (SSSR count). The van der Waals surface area contributed by atoms with Gasteiger partial charge in [-0.2, -0.15) is 0 Å². The highest BCUT2D eigenvalue weighted by molar-refractivity contribution is 7.10. The topological polar surface area (TPSA) is 32.3 Å². The highest BCUT2D eigenvalue weighted by atomic mass is 32.1. The van der Waals surface area contributed by atoms with E-state index >= 15 is 0 Å². The van der Waals surface area contributed by atoms with Crippen LogP contribution in [0.15, 0.2) is 17.5 Å². The molecule has 3 nitrogen and oxygen atoms in total. The summed E-state index contributed by atoms with van der Waals surface area (Å²) in [6.45, 7) is 6.64. The van der Waals surface area contributed by atoms with Gasteiger partial charge in [0.05, 0.1) is 6.04 Å². The average molecular weight is 278 g/mol. The molecule has 2 heterocycles. The minimum absolute atomic E-state index is 0.00787. The lowest BCUT2D eigenvalue weighted by Gasteiger charge is -2.25. The molecule has 2 aliphatic rings. The van der Waals surface area contributed by atoms with E-state index in [1.807, 2.05) is 0 Å². The molecule has 0 spiro atoms. The lowest BCUT2D eigenvalue weighted by molar-refractivity contribution is -0.131. The number of nitrogens with one attached hydrogen (secondary N) is 1. The van der Waals surface area contributed by atoms with Crippen LogP contribution in [0, 0.1) is 5.41 Å². The minimum Gasteiger partial charge on any atom is -0.317 e. The van der Waals surface area contributed by atoms with E-state index in [-0.39, 0.29) is 17.6 Å². The zero-order valence-corrected chi connectivity index (χ0v) is 12.7. The Balaban J connectivity index is 1.86. The van der Waals surface area contributed by atoms with Gasteiger partial charge in [-0.25, -0.2) is 0 Å². The first-order valence-electron chi connectivity index (χ1n) is 7.16. The largest absolute Gasteiger partial charge is 0.317 e. The molecule has 4 heteroatoms. The summed E-state index contributed by atoms with van der Waals surface area (Å²) >= 11 is 1.74. The van der Waals surface area contributed by atoms with Crippen LogP contribution in [-0.4, -0.2) is 22.9 Å². The molecule has 1 aliphatic heterocycles. The molecule has 1 aromatic heterocycles. The molecule has 0 bridgehead atoms. The third-order valence-electron chi connectivity index (χ3n) is 4.38. The number of hydrogen-bond donors (Lipinski definition) is 1. The monoisotopic (exact) mass is 278 g/mol. The first kappa shape index (κ1) is 13.1. The molecule has 3 unspecified atom stereocenters. The van der Waals surface area contributed by atoms with Gasteiger partial charge < -0.3 is 4.90 Å². The lowest BCUT2D eigenvalue weighted by Crippen LogP contribution is -2.34. The molecule has 1 saturated heterocycles. The molecule has 1 amide bonds. The Morgan fingerprint density at radius 3 is 2.79 bits per heavy atom. The van der Waals surface area contributed by atoms with Crippen LogP contribution >= 0.6 is 11.3 Å². The highest BCUT2D eigenvalue weighted by Crippen LogP contribution is 2.52. The molecular weight excluding hydrogens is 256 g/mol. The lowest BCUT2D eigenvalue weighted by atomic mass is 10.1. The van der Waals surface area contributed by atoms with Crippen molar-refractivity contribution < 1.29 is 4.79 Å². The summed E-state index contributed by atoms with van der Waals surface area (Å²) in [4.78, 5) is 16.0. The van der Waals surface area contributed by atoms with E-state index in [1.165, 1.54) is 4.88 Å². The van der Waals surface area contributed by atoms with Crippen LogP contribution in [-0.2, 0) is 4.79 Å². The average Bonchev–Trinajstić information content (AvgIpc) is 2.75. The van der Waals surface area contributed by atoms with Gasteiger partial charge in [-0.1, -0.05) is 33.3 Å². The van der Waals surface area contributed by atoms with Gasteiger partial charge in [-0.15, -0.1) is 11.3 Å². The summed E-state index contributed by atoms with van der Waals surface area (Å²) < 4.78 is 0. The Morgan fingerprint density at radius 1 is 1.53 bits per heavy atom. The van der Waals surface area contributed by atoms with Crippen molar-refractivity contribution in [2.75, 3.05) is 0 Å². The molecule has 2 fully saturated rings. The van der Waals surface area contributed by atoms with Gasteiger partial charge in [0.2, 0.25) is 5.91 Å². The number of amides is 1. The first-order valence-corrected chi connectivity index (χ1v) is 8.04. The van der Waals surface area contributed by atoms with E-state index in [0.29, 0.717) is 11.9 Å². The molecule has 1 aromatic rings. The van der Waals surface area contributed by atoms with Gasteiger partial charge in [0.25, 0.3) is 0 Å². The number of thiophene rings is 1. The third kappa shape index (κ3) is 2.21. The quantitative estimate of drug-likeness (QED) is 0.917. The van der Waals surface area contributed by atoms with Crippen molar-refractivity contribution in [3.63, 3.8) is 0 Å². The standard InChI is InChI=1S/C15H22N2OS/c1-4-6-10-14(18)17(12-9-15(12,2)3)13(16-10)11-7-5-8-19-11/h5,7-8,10,12-13,16H,4,6,9H2,1-3H3. The second kappa shape index (κ2) is 4.60. The maximum Gasteiger partial charge on any atom is 0.241 e. The summed E-state index contributed by atoms with van der Waals surface area (Å²) in [5, 5.41) is 5.63. The van der Waals surface area contributed by atoms with Crippen molar-refractivity contribution in [3.05, 3.63) is 22.4 Å². The molecule has 104 valence electrons. The second-order valence-electron chi connectivity index (χ2n) is 6.38. The SMILES string of the molecule is CCCC1NC(c2cccs2)N(C2CC2(C)C)C1=O. The van der Waals surface area contributed by atoms with Crippen molar-refractivity contribution >= 4 is 17.2 Å². The van der Waals surface area contributed by atoms with Gasteiger partial charge in [-0.05, 0) is 29.7 Å². The van der Waals surface area contributed by atoms with Crippen molar-refractivity contribution in [1.82, 2.24) is 10.2 Å². The van der Waals surface area contributed by atoms with Gasteiger partial charge in [0.15, 0.2) is 0 Å². The van der Waals surface area contributed by atoms with E-state index in [9.17, 15) is 4.79 Å². The Kier molecular flexibility index (Phi) is 3.18. The van der Waals surface area contributed by atoms with Crippen LogP contribution < -0.4 is 5.32 Å². The second-order valence-corrected chi connectivity index (χ2v) is 7.36. The van der Waals surface area contributed by atoms with Gasteiger partial charge in [0.1, 0.15) is 6.17 Å². The van der Waals surface area contributed by atoms with Crippen LogP contribution in [0.3, 0.4) is 0 Å². The Bertz CT molecular complexity index is 468. The smallest absolute Gasteiger partial charge is 0.241 e. The van der Waals surface area contributed by atoms with Crippen LogP contribution in [0.4, 0.5) is 0 Å². The Morgan fingerprint density at radius 2 is 2.26 bits per heavy atom. The number of rotatable bonds is 4. The van der Waals surface area contributed by atoms with Gasteiger partial charge in [-0.3, -0.25) is 10.1 Å². The summed E-state index contributed by atoms with van der Waals surface area (Å²) in [5.74, 6) is 0.302. The van der Waals surface area contributed by atoms with Crippen molar-refractivity contribution in [1.29, 1.82) is 0 Å². The van der Waals surface area contributed by atoms with Gasteiger partial charge in [0, 0.05) is 10.9 Å². The van der Waals surface area contributed by atoms with E-state index in [4.69, 9.17) is 0 Å². The Labute approximate surface area is 119 Å². The molecule has 1 N–H and O–H groups in total. The summed E-state index contributed by atoms with van der Waals surface area (Å²) in [6.07, 6.45) is 3.20. The molecule has 19 heavy (non-hydrogen) atoms. The van der Waals surface area contributed by atoms with Gasteiger partial charge >= 0.3 is 0 Å². The van der Waals surface area contributed by atoms with Crippen LogP contribution in [0.25, 0.3) is 0 Å².